The van der Waals surface area contributed by atoms with Crippen LogP contribution in [0.4, 0.5) is 24.5 Å². The van der Waals surface area contributed by atoms with Crippen LogP contribution in [0.3, 0.4) is 0 Å². The predicted octanol–water partition coefficient (Wildman–Crippen LogP) is 6.79. The van der Waals surface area contributed by atoms with Crippen LogP contribution in [0.5, 0.6) is 11.5 Å². The van der Waals surface area contributed by atoms with Crippen molar-refractivity contribution < 1.29 is 27.4 Å². The number of pyridine rings is 1. The second kappa shape index (κ2) is 10.3. The molecule has 0 saturated heterocycles. The number of benzene rings is 3. The van der Waals surface area contributed by atoms with Crippen LogP contribution in [-0.4, -0.2) is 25.1 Å². The lowest BCUT2D eigenvalue weighted by molar-refractivity contribution is -0.137. The minimum atomic E-state index is -4.63. The van der Waals surface area contributed by atoms with Gasteiger partial charge in [0.15, 0.2) is 11.5 Å². The molecule has 6 nitrogen and oxygen atoms in total. The first-order valence-electron chi connectivity index (χ1n) is 10.7. The molecule has 1 amide bonds. The van der Waals surface area contributed by atoms with E-state index in [9.17, 15) is 18.0 Å². The molecule has 186 valence electrons. The number of fused-ring (bicyclic) bond motifs is 1. The van der Waals surface area contributed by atoms with Gasteiger partial charge in [0.25, 0.3) is 5.91 Å². The van der Waals surface area contributed by atoms with Gasteiger partial charge in [-0.05, 0) is 54.1 Å². The maximum atomic E-state index is 13.1. The first-order valence-corrected chi connectivity index (χ1v) is 11.1. The molecular weight excluding hydrogens is 495 g/mol. The number of rotatable bonds is 7. The summed E-state index contributed by atoms with van der Waals surface area (Å²) in [5.74, 6) is 0.596. The van der Waals surface area contributed by atoms with Crippen LogP contribution in [0.15, 0.2) is 66.9 Å². The predicted molar refractivity (Wildman–Crippen MR) is 133 cm³/mol. The zero-order valence-electron chi connectivity index (χ0n) is 19.2. The van der Waals surface area contributed by atoms with Gasteiger partial charge in [0, 0.05) is 41.1 Å². The number of halogens is 4. The highest BCUT2D eigenvalue weighted by Gasteiger charge is 2.33. The number of aromatic nitrogens is 1. The van der Waals surface area contributed by atoms with Crippen molar-refractivity contribution in [2.75, 3.05) is 24.9 Å². The van der Waals surface area contributed by atoms with E-state index in [2.05, 4.69) is 15.6 Å². The molecule has 0 unspecified atom stereocenters. The molecule has 0 aliphatic rings. The molecule has 2 N–H and O–H groups in total. The van der Waals surface area contributed by atoms with Gasteiger partial charge in [0.05, 0.1) is 30.3 Å². The third-order valence-electron chi connectivity index (χ3n) is 5.47. The highest BCUT2D eigenvalue weighted by Crippen LogP contribution is 2.36. The molecule has 36 heavy (non-hydrogen) atoms. The van der Waals surface area contributed by atoms with Crippen molar-refractivity contribution in [2.24, 2.45) is 0 Å². The Morgan fingerprint density at radius 1 is 0.972 bits per heavy atom. The second-order valence-corrected chi connectivity index (χ2v) is 8.18. The van der Waals surface area contributed by atoms with E-state index >= 15 is 0 Å². The molecule has 3 aromatic carbocycles. The second-order valence-electron chi connectivity index (χ2n) is 7.78. The standard InChI is InChI=1S/C26H21ClF3N3O3/c1-35-23-12-19-16(8-9-31-22(19)13-24(23)36-2)14-32-17-5-3-4-15(10-17)25(34)33-18-6-7-21(27)20(11-18)26(28,29)30/h3-13,32H,14H2,1-2H3,(H,33,34). The Morgan fingerprint density at radius 3 is 2.44 bits per heavy atom. The summed E-state index contributed by atoms with van der Waals surface area (Å²) in [6.45, 7) is 0.422. The van der Waals surface area contributed by atoms with Crippen molar-refractivity contribution in [1.82, 2.24) is 4.98 Å². The average Bonchev–Trinajstić information content (AvgIpc) is 2.87. The third kappa shape index (κ3) is 5.46. The van der Waals surface area contributed by atoms with Crippen LogP contribution in [0.1, 0.15) is 21.5 Å². The number of carbonyl (C=O) groups excluding carboxylic acids is 1. The van der Waals surface area contributed by atoms with Crippen molar-refractivity contribution in [1.29, 1.82) is 0 Å². The molecule has 0 saturated carbocycles. The lowest BCUT2D eigenvalue weighted by Crippen LogP contribution is -2.14. The quantitative estimate of drug-likeness (QED) is 0.283. The van der Waals surface area contributed by atoms with E-state index in [1.165, 1.54) is 6.07 Å². The Balaban J connectivity index is 1.51. The fourth-order valence-electron chi connectivity index (χ4n) is 3.67. The normalized spacial score (nSPS) is 11.3. The van der Waals surface area contributed by atoms with E-state index in [1.807, 2.05) is 12.1 Å². The molecule has 4 rings (SSSR count). The number of alkyl halides is 3. The molecule has 1 aromatic heterocycles. The molecule has 0 spiro atoms. The zero-order chi connectivity index (χ0) is 25.9. The molecule has 0 aliphatic heterocycles. The summed E-state index contributed by atoms with van der Waals surface area (Å²) in [6.07, 6.45) is -2.94. The molecule has 0 atom stereocenters. The van der Waals surface area contributed by atoms with Crippen molar-refractivity contribution >= 4 is 39.8 Å². The number of ether oxygens (including phenoxy) is 2. The Hall–Kier alpha value is -3.98. The van der Waals surface area contributed by atoms with E-state index in [0.29, 0.717) is 23.7 Å². The molecule has 0 aliphatic carbocycles. The monoisotopic (exact) mass is 515 g/mol. The summed E-state index contributed by atoms with van der Waals surface area (Å²) in [5, 5.41) is 6.19. The van der Waals surface area contributed by atoms with Gasteiger partial charge in [0.2, 0.25) is 0 Å². The Morgan fingerprint density at radius 2 is 1.72 bits per heavy atom. The number of carbonyl (C=O) groups is 1. The SMILES string of the molecule is COc1cc2nccc(CNc3cccc(C(=O)Nc4ccc(Cl)c(C(F)(F)F)c4)c3)c2cc1OC. The number of hydrogen-bond donors (Lipinski definition) is 2. The summed E-state index contributed by atoms with van der Waals surface area (Å²) >= 11 is 5.65. The zero-order valence-corrected chi connectivity index (χ0v) is 20.0. The van der Waals surface area contributed by atoms with Crippen molar-refractivity contribution in [3.8, 4) is 11.5 Å². The van der Waals surface area contributed by atoms with Crippen molar-refractivity contribution in [3.63, 3.8) is 0 Å². The number of methoxy groups -OCH3 is 2. The maximum absolute atomic E-state index is 13.1. The van der Waals surface area contributed by atoms with E-state index in [4.69, 9.17) is 21.1 Å². The van der Waals surface area contributed by atoms with Crippen LogP contribution in [-0.2, 0) is 12.7 Å². The maximum Gasteiger partial charge on any atom is 0.417 e. The first-order chi connectivity index (χ1) is 17.2. The highest BCUT2D eigenvalue weighted by atomic mass is 35.5. The Bertz CT molecular complexity index is 1430. The third-order valence-corrected chi connectivity index (χ3v) is 5.80. The van der Waals surface area contributed by atoms with Crippen LogP contribution < -0.4 is 20.1 Å². The van der Waals surface area contributed by atoms with Crippen LogP contribution in [0.2, 0.25) is 5.02 Å². The topological polar surface area (TPSA) is 72.5 Å². The number of hydrogen-bond acceptors (Lipinski definition) is 5. The van der Waals surface area contributed by atoms with E-state index < -0.39 is 22.7 Å². The van der Waals surface area contributed by atoms with Gasteiger partial charge in [-0.1, -0.05) is 17.7 Å². The minimum Gasteiger partial charge on any atom is -0.493 e. The molecule has 0 fully saturated rings. The molecular formula is C26H21ClF3N3O3. The van der Waals surface area contributed by atoms with E-state index in [1.54, 1.807) is 50.7 Å². The number of nitrogens with one attached hydrogen (secondary N) is 2. The average molecular weight is 516 g/mol. The summed E-state index contributed by atoms with van der Waals surface area (Å²) in [4.78, 5) is 17.1. The number of anilines is 2. The molecule has 1 heterocycles. The van der Waals surface area contributed by atoms with Crippen LogP contribution in [0, 0.1) is 0 Å². The van der Waals surface area contributed by atoms with Crippen LogP contribution >= 0.6 is 11.6 Å². The molecule has 4 aromatic rings. The minimum absolute atomic E-state index is 0.0114. The summed E-state index contributed by atoms with van der Waals surface area (Å²) < 4.78 is 50.1. The van der Waals surface area contributed by atoms with E-state index in [-0.39, 0.29) is 11.3 Å². The fraction of sp³-hybridized carbons (Fsp3) is 0.154. The van der Waals surface area contributed by atoms with Gasteiger partial charge in [-0.3, -0.25) is 9.78 Å². The van der Waals surface area contributed by atoms with Crippen molar-refractivity contribution in [3.05, 3.63) is 88.6 Å². The lowest BCUT2D eigenvalue weighted by atomic mass is 10.1. The van der Waals surface area contributed by atoms with Crippen LogP contribution in [0.25, 0.3) is 10.9 Å². The summed E-state index contributed by atoms with van der Waals surface area (Å²) in [7, 11) is 3.11. The van der Waals surface area contributed by atoms with Gasteiger partial charge in [-0.15, -0.1) is 0 Å². The fourth-order valence-corrected chi connectivity index (χ4v) is 3.90. The van der Waals surface area contributed by atoms with Gasteiger partial charge < -0.3 is 20.1 Å². The van der Waals surface area contributed by atoms with Crippen molar-refractivity contribution in [2.45, 2.75) is 12.7 Å². The van der Waals surface area contributed by atoms with Gasteiger partial charge in [-0.25, -0.2) is 0 Å². The van der Waals surface area contributed by atoms with Gasteiger partial charge >= 0.3 is 6.18 Å². The molecule has 0 radical (unpaired) electrons. The lowest BCUT2D eigenvalue weighted by Gasteiger charge is -2.13. The first kappa shape index (κ1) is 25.1. The number of amides is 1. The van der Waals surface area contributed by atoms with Gasteiger partial charge in [0.1, 0.15) is 0 Å². The van der Waals surface area contributed by atoms with Gasteiger partial charge in [-0.2, -0.15) is 13.2 Å². The largest absolute Gasteiger partial charge is 0.493 e. The smallest absolute Gasteiger partial charge is 0.417 e. The number of nitrogens with zero attached hydrogens (tertiary/aromatic N) is 1. The molecule has 0 bridgehead atoms. The Labute approximate surface area is 210 Å². The summed E-state index contributed by atoms with van der Waals surface area (Å²) in [6, 6.07) is 15.4. The van der Waals surface area contributed by atoms with E-state index in [0.717, 1.165) is 28.6 Å². The molecule has 10 heteroatoms. The highest BCUT2D eigenvalue weighted by molar-refractivity contribution is 6.31. The Kier molecular flexibility index (Phi) is 7.21. The summed E-state index contributed by atoms with van der Waals surface area (Å²) in [5.41, 5.74) is 1.58.